The largest absolute Gasteiger partial charge is 0.505 e. The molecule has 0 aliphatic heterocycles. The van der Waals surface area contributed by atoms with E-state index >= 15 is 0 Å². The topological polar surface area (TPSA) is 70.9 Å². The molecule has 1 unspecified atom stereocenters. The van der Waals surface area contributed by atoms with Crippen LogP contribution in [0, 0.1) is 13.8 Å². The van der Waals surface area contributed by atoms with Gasteiger partial charge in [0, 0.05) is 29.0 Å². The molecule has 3 heterocycles. The van der Waals surface area contributed by atoms with Crippen LogP contribution in [0.15, 0.2) is 54.9 Å². The Morgan fingerprint density at radius 3 is 2.41 bits per heavy atom. The second-order valence-corrected chi connectivity index (χ2v) is 7.59. The summed E-state index contributed by atoms with van der Waals surface area (Å²) in [6.45, 7) is 3.70. The van der Waals surface area contributed by atoms with Crippen molar-refractivity contribution >= 4 is 39.9 Å². The summed E-state index contributed by atoms with van der Waals surface area (Å²) in [7, 11) is 0. The van der Waals surface area contributed by atoms with Crippen LogP contribution < -0.4 is 5.32 Å². The number of aromatic hydroxyl groups is 1. The number of phenolic OH excluding ortho intramolecular Hbond substituents is 1. The van der Waals surface area contributed by atoms with Crippen molar-refractivity contribution in [1.82, 2.24) is 15.0 Å². The molecule has 7 heteroatoms. The van der Waals surface area contributed by atoms with Gasteiger partial charge >= 0.3 is 0 Å². The highest BCUT2D eigenvalue weighted by Crippen LogP contribution is 2.37. The minimum absolute atomic E-state index is 0.113. The molecule has 4 rings (SSSR count). The highest BCUT2D eigenvalue weighted by Gasteiger charge is 2.22. The molecule has 5 nitrogen and oxygen atoms in total. The monoisotopic (exact) mass is 424 g/mol. The van der Waals surface area contributed by atoms with E-state index < -0.39 is 6.04 Å². The smallest absolute Gasteiger partial charge is 0.147 e. The fourth-order valence-electron chi connectivity index (χ4n) is 3.21. The Morgan fingerprint density at radius 2 is 1.66 bits per heavy atom. The molecule has 0 fully saturated rings. The number of aromatic nitrogens is 3. The number of rotatable bonds is 4. The maximum atomic E-state index is 11.1. The van der Waals surface area contributed by atoms with Crippen LogP contribution >= 0.6 is 23.2 Å². The van der Waals surface area contributed by atoms with Gasteiger partial charge in [0.2, 0.25) is 0 Å². The van der Waals surface area contributed by atoms with Crippen LogP contribution in [-0.4, -0.2) is 20.1 Å². The van der Waals surface area contributed by atoms with E-state index in [1.807, 2.05) is 50.2 Å². The summed E-state index contributed by atoms with van der Waals surface area (Å²) < 4.78 is 0. The maximum Gasteiger partial charge on any atom is 0.147 e. The zero-order valence-electron chi connectivity index (χ0n) is 15.8. The third kappa shape index (κ3) is 3.84. The van der Waals surface area contributed by atoms with Gasteiger partial charge in [-0.15, -0.1) is 0 Å². The van der Waals surface area contributed by atoms with E-state index in [0.717, 1.165) is 16.6 Å². The molecule has 0 aliphatic rings. The average Bonchev–Trinajstić information content (AvgIpc) is 2.71. The summed E-state index contributed by atoms with van der Waals surface area (Å²) >= 11 is 12.5. The molecule has 0 aliphatic carbocycles. The van der Waals surface area contributed by atoms with Gasteiger partial charge in [0.25, 0.3) is 0 Å². The third-order valence-electron chi connectivity index (χ3n) is 4.74. The molecule has 3 aromatic heterocycles. The average molecular weight is 425 g/mol. The molecule has 0 bridgehead atoms. The van der Waals surface area contributed by atoms with Gasteiger partial charge in [-0.3, -0.25) is 4.98 Å². The normalized spacial score (nSPS) is 12.1. The lowest BCUT2D eigenvalue weighted by Crippen LogP contribution is -2.14. The first-order valence-electron chi connectivity index (χ1n) is 9.02. The molecule has 0 saturated heterocycles. The number of benzene rings is 1. The molecule has 0 spiro atoms. The van der Waals surface area contributed by atoms with Gasteiger partial charge in [-0.1, -0.05) is 41.4 Å². The van der Waals surface area contributed by atoms with Crippen LogP contribution in [-0.2, 0) is 0 Å². The van der Waals surface area contributed by atoms with Crippen LogP contribution in [0.3, 0.4) is 0 Å². The number of halogens is 2. The van der Waals surface area contributed by atoms with Crippen LogP contribution in [0.4, 0.5) is 5.82 Å². The van der Waals surface area contributed by atoms with Gasteiger partial charge < -0.3 is 10.4 Å². The lowest BCUT2D eigenvalue weighted by molar-refractivity contribution is 0.471. The summed E-state index contributed by atoms with van der Waals surface area (Å²) in [5, 5.41) is 16.2. The van der Waals surface area contributed by atoms with Gasteiger partial charge in [-0.2, -0.15) is 0 Å². The van der Waals surface area contributed by atoms with Crippen LogP contribution in [0.2, 0.25) is 10.0 Å². The lowest BCUT2D eigenvalue weighted by atomic mass is 9.97. The molecule has 0 radical (unpaired) electrons. The fourth-order valence-corrected chi connectivity index (χ4v) is 3.63. The van der Waals surface area contributed by atoms with Crippen LogP contribution in [0.1, 0.15) is 28.6 Å². The Hall–Kier alpha value is -2.89. The van der Waals surface area contributed by atoms with Gasteiger partial charge in [0.05, 0.1) is 21.8 Å². The first-order chi connectivity index (χ1) is 13.9. The SMILES string of the molecule is Cc1ccc2ccc(C(Nc3nc(C)c(Cl)cc3Cl)c3ccncc3)c(O)c2n1. The lowest BCUT2D eigenvalue weighted by Gasteiger charge is -2.23. The summed E-state index contributed by atoms with van der Waals surface area (Å²) in [5.74, 6) is 0.592. The van der Waals surface area contributed by atoms with Crippen molar-refractivity contribution < 1.29 is 5.11 Å². The Morgan fingerprint density at radius 1 is 0.931 bits per heavy atom. The predicted octanol–water partition coefficient (Wildman–Crippen LogP) is 5.86. The van der Waals surface area contributed by atoms with Gasteiger partial charge in [0.15, 0.2) is 0 Å². The highest BCUT2D eigenvalue weighted by molar-refractivity contribution is 6.36. The number of nitrogens with one attached hydrogen (secondary N) is 1. The quantitative estimate of drug-likeness (QED) is 0.429. The maximum absolute atomic E-state index is 11.1. The standard InChI is InChI=1S/C22H18Cl2N4O/c1-12-3-4-14-5-6-16(21(29)20(14)26-12)19(15-7-9-25-10-8-15)28-22-18(24)11-17(23)13(2)27-22/h3-11,19,29H,1-2H3,(H,27,28). The van der Waals surface area contributed by atoms with Crippen molar-refractivity contribution in [2.75, 3.05) is 5.32 Å². The summed E-state index contributed by atoms with van der Waals surface area (Å²) in [4.78, 5) is 13.1. The molecule has 4 aromatic rings. The summed E-state index contributed by atoms with van der Waals surface area (Å²) in [6.07, 6.45) is 3.40. The van der Waals surface area contributed by atoms with Crippen LogP contribution in [0.5, 0.6) is 5.75 Å². The second kappa shape index (κ2) is 7.85. The molecule has 2 N–H and O–H groups in total. The van der Waals surface area contributed by atoms with E-state index in [2.05, 4.69) is 20.3 Å². The Balaban J connectivity index is 1.87. The summed E-state index contributed by atoms with van der Waals surface area (Å²) in [5.41, 5.74) is 3.60. The van der Waals surface area contributed by atoms with Crippen molar-refractivity contribution in [3.05, 3.63) is 87.4 Å². The van der Waals surface area contributed by atoms with E-state index in [1.54, 1.807) is 18.5 Å². The molecule has 0 saturated carbocycles. The van der Waals surface area contributed by atoms with Crippen LogP contribution in [0.25, 0.3) is 10.9 Å². The molecular weight excluding hydrogens is 407 g/mol. The highest BCUT2D eigenvalue weighted by atomic mass is 35.5. The Bertz CT molecular complexity index is 1200. The Kier molecular flexibility index (Phi) is 5.26. The van der Waals surface area contributed by atoms with Gasteiger partial charge in [-0.25, -0.2) is 9.97 Å². The van der Waals surface area contributed by atoms with Crippen molar-refractivity contribution in [1.29, 1.82) is 0 Å². The number of anilines is 1. The summed E-state index contributed by atoms with van der Waals surface area (Å²) in [6, 6.07) is 12.7. The molecule has 146 valence electrons. The van der Waals surface area contributed by atoms with E-state index in [9.17, 15) is 5.11 Å². The second-order valence-electron chi connectivity index (χ2n) is 6.77. The Labute approximate surface area is 178 Å². The van der Waals surface area contributed by atoms with E-state index in [4.69, 9.17) is 23.2 Å². The number of nitrogens with zero attached hydrogens (tertiary/aromatic N) is 3. The molecule has 29 heavy (non-hydrogen) atoms. The van der Waals surface area contributed by atoms with Gasteiger partial charge in [-0.05, 0) is 43.7 Å². The molecular formula is C22H18Cl2N4O. The third-order valence-corrected chi connectivity index (χ3v) is 5.41. The van der Waals surface area contributed by atoms with E-state index in [1.165, 1.54) is 0 Å². The molecule has 1 aromatic carbocycles. The minimum atomic E-state index is -0.421. The fraction of sp³-hybridized carbons (Fsp3) is 0.136. The minimum Gasteiger partial charge on any atom is -0.505 e. The number of phenols is 1. The number of aryl methyl sites for hydroxylation is 2. The number of hydrogen-bond donors (Lipinski definition) is 2. The van der Waals surface area contributed by atoms with E-state index in [0.29, 0.717) is 32.6 Å². The van der Waals surface area contributed by atoms with Gasteiger partial charge in [0.1, 0.15) is 17.1 Å². The number of hydrogen-bond acceptors (Lipinski definition) is 5. The first kappa shape index (κ1) is 19.4. The van der Waals surface area contributed by atoms with Crippen molar-refractivity contribution in [3.8, 4) is 5.75 Å². The van der Waals surface area contributed by atoms with Crippen molar-refractivity contribution in [2.45, 2.75) is 19.9 Å². The number of pyridine rings is 3. The molecule has 0 amide bonds. The first-order valence-corrected chi connectivity index (χ1v) is 9.78. The predicted molar refractivity (Wildman–Crippen MR) is 117 cm³/mol. The molecule has 1 atom stereocenters. The van der Waals surface area contributed by atoms with Crippen molar-refractivity contribution in [2.24, 2.45) is 0 Å². The zero-order chi connectivity index (χ0) is 20.5. The van der Waals surface area contributed by atoms with E-state index in [-0.39, 0.29) is 5.75 Å². The number of fused-ring (bicyclic) bond motifs is 1. The zero-order valence-corrected chi connectivity index (χ0v) is 17.3. The van der Waals surface area contributed by atoms with Crippen molar-refractivity contribution in [3.63, 3.8) is 0 Å².